The van der Waals surface area contributed by atoms with Crippen LogP contribution in [-0.4, -0.2) is 29.5 Å². The van der Waals surface area contributed by atoms with E-state index in [-0.39, 0.29) is 18.0 Å². The van der Waals surface area contributed by atoms with Gasteiger partial charge in [-0.05, 0) is 13.0 Å². The second-order valence-corrected chi connectivity index (χ2v) is 6.23. The van der Waals surface area contributed by atoms with E-state index in [1.54, 1.807) is 33.8 Å². The van der Waals surface area contributed by atoms with Crippen molar-refractivity contribution in [3.8, 4) is 0 Å². The predicted molar refractivity (Wildman–Crippen MR) is 81.4 cm³/mol. The summed E-state index contributed by atoms with van der Waals surface area (Å²) in [5, 5.41) is 15.0. The molecule has 0 aliphatic heterocycles. The van der Waals surface area contributed by atoms with Crippen molar-refractivity contribution in [2.24, 2.45) is 5.41 Å². The van der Waals surface area contributed by atoms with E-state index in [0.29, 0.717) is 0 Å². The van der Waals surface area contributed by atoms with Crippen molar-refractivity contribution in [2.75, 3.05) is 6.54 Å². The minimum atomic E-state index is -1.14. The third-order valence-electron chi connectivity index (χ3n) is 3.16. The van der Waals surface area contributed by atoms with Crippen LogP contribution in [0.4, 0.5) is 4.39 Å². The van der Waals surface area contributed by atoms with Gasteiger partial charge in [-0.1, -0.05) is 39.0 Å². The van der Waals surface area contributed by atoms with Gasteiger partial charge in [-0.3, -0.25) is 9.59 Å². The summed E-state index contributed by atoms with van der Waals surface area (Å²) >= 11 is 0. The van der Waals surface area contributed by atoms with Gasteiger partial charge in [-0.15, -0.1) is 0 Å². The van der Waals surface area contributed by atoms with Crippen LogP contribution >= 0.6 is 0 Å². The van der Waals surface area contributed by atoms with Gasteiger partial charge in [0.1, 0.15) is 11.9 Å². The maximum Gasteiger partial charge on any atom is 0.242 e. The molecule has 0 fully saturated rings. The van der Waals surface area contributed by atoms with Gasteiger partial charge in [-0.25, -0.2) is 4.39 Å². The van der Waals surface area contributed by atoms with Crippen LogP contribution in [0.2, 0.25) is 0 Å². The fourth-order valence-corrected chi connectivity index (χ4v) is 1.68. The van der Waals surface area contributed by atoms with Crippen molar-refractivity contribution in [2.45, 2.75) is 39.8 Å². The van der Waals surface area contributed by atoms with Gasteiger partial charge in [0.2, 0.25) is 11.8 Å². The molecule has 0 aliphatic carbocycles. The number of hydrogen-bond acceptors (Lipinski definition) is 3. The zero-order chi connectivity index (χ0) is 16.9. The van der Waals surface area contributed by atoms with Gasteiger partial charge < -0.3 is 15.7 Å². The van der Waals surface area contributed by atoms with Crippen LogP contribution in [0.5, 0.6) is 0 Å². The lowest BCUT2D eigenvalue weighted by Gasteiger charge is -2.22. The number of carbonyl (C=O) groups is 2. The minimum Gasteiger partial charge on any atom is -0.386 e. The summed E-state index contributed by atoms with van der Waals surface area (Å²) in [5.74, 6) is -1.21. The average molecular weight is 310 g/mol. The number of carbonyl (C=O) groups excluding carboxylic acids is 2. The molecule has 2 atom stereocenters. The fraction of sp³-hybridized carbons (Fsp3) is 0.500. The Labute approximate surface area is 129 Å². The first kappa shape index (κ1) is 18.1. The minimum absolute atomic E-state index is 0.120. The average Bonchev–Trinajstić information content (AvgIpc) is 2.43. The molecule has 6 heteroatoms. The SMILES string of the molecule is CC(NC(=O)C(C)(C)C)C(=O)NCC(O)c1ccccc1F. The summed E-state index contributed by atoms with van der Waals surface area (Å²) in [6.07, 6.45) is -1.14. The van der Waals surface area contributed by atoms with E-state index in [4.69, 9.17) is 0 Å². The van der Waals surface area contributed by atoms with Crippen molar-refractivity contribution < 1.29 is 19.1 Å². The molecule has 2 unspecified atom stereocenters. The summed E-state index contributed by atoms with van der Waals surface area (Å²) in [6, 6.07) is 5.09. The maximum absolute atomic E-state index is 13.5. The molecule has 3 N–H and O–H groups in total. The molecule has 0 spiro atoms. The summed E-state index contributed by atoms with van der Waals surface area (Å²) in [5.41, 5.74) is -0.476. The van der Waals surface area contributed by atoms with Crippen LogP contribution in [0.3, 0.4) is 0 Å². The van der Waals surface area contributed by atoms with E-state index in [0.717, 1.165) is 0 Å². The highest BCUT2D eigenvalue weighted by Gasteiger charge is 2.25. The second-order valence-electron chi connectivity index (χ2n) is 6.23. The van der Waals surface area contributed by atoms with Crippen molar-refractivity contribution in [3.63, 3.8) is 0 Å². The first-order valence-electron chi connectivity index (χ1n) is 7.14. The van der Waals surface area contributed by atoms with Crippen molar-refractivity contribution >= 4 is 11.8 Å². The molecular formula is C16H23FN2O3. The Morgan fingerprint density at radius 3 is 2.41 bits per heavy atom. The summed E-state index contributed by atoms with van der Waals surface area (Å²) in [6.45, 7) is 6.66. The summed E-state index contributed by atoms with van der Waals surface area (Å²) in [7, 11) is 0. The summed E-state index contributed by atoms with van der Waals surface area (Å²) < 4.78 is 13.5. The van der Waals surface area contributed by atoms with Crippen LogP contribution in [0, 0.1) is 11.2 Å². The number of benzene rings is 1. The monoisotopic (exact) mass is 310 g/mol. The van der Waals surface area contributed by atoms with E-state index in [1.807, 2.05) is 0 Å². The Balaban J connectivity index is 2.52. The number of aliphatic hydroxyl groups excluding tert-OH is 1. The number of halogens is 1. The highest BCUT2D eigenvalue weighted by atomic mass is 19.1. The molecule has 0 radical (unpaired) electrons. The van der Waals surface area contributed by atoms with Crippen molar-refractivity contribution in [3.05, 3.63) is 35.6 Å². The molecule has 2 amide bonds. The lowest BCUT2D eigenvalue weighted by Crippen LogP contribution is -2.48. The highest BCUT2D eigenvalue weighted by Crippen LogP contribution is 2.16. The highest BCUT2D eigenvalue weighted by molar-refractivity contribution is 5.89. The quantitative estimate of drug-likeness (QED) is 0.771. The van der Waals surface area contributed by atoms with E-state index >= 15 is 0 Å². The van der Waals surface area contributed by atoms with Gasteiger partial charge in [-0.2, -0.15) is 0 Å². The van der Waals surface area contributed by atoms with Crippen LogP contribution in [-0.2, 0) is 9.59 Å². The molecule has 1 rings (SSSR count). The summed E-state index contributed by atoms with van der Waals surface area (Å²) in [4.78, 5) is 23.7. The number of nitrogens with one attached hydrogen (secondary N) is 2. The molecule has 0 heterocycles. The Hall–Kier alpha value is -1.95. The fourth-order valence-electron chi connectivity index (χ4n) is 1.68. The van der Waals surface area contributed by atoms with Gasteiger partial charge in [0, 0.05) is 17.5 Å². The molecule has 0 saturated carbocycles. The lowest BCUT2D eigenvalue weighted by atomic mass is 9.95. The van der Waals surface area contributed by atoms with E-state index < -0.39 is 29.3 Å². The standard InChI is InChI=1S/C16H23FN2O3/c1-10(19-15(22)16(2,3)4)14(21)18-9-13(20)11-7-5-6-8-12(11)17/h5-8,10,13,20H,9H2,1-4H3,(H,18,21)(H,19,22). The smallest absolute Gasteiger partial charge is 0.242 e. The molecule has 1 aromatic rings. The number of rotatable bonds is 5. The number of amides is 2. The first-order chi connectivity index (χ1) is 10.1. The molecule has 0 saturated heterocycles. The van der Waals surface area contributed by atoms with Crippen LogP contribution < -0.4 is 10.6 Å². The largest absolute Gasteiger partial charge is 0.386 e. The predicted octanol–water partition coefficient (Wildman–Crippen LogP) is 1.53. The maximum atomic E-state index is 13.5. The van der Waals surface area contributed by atoms with Gasteiger partial charge >= 0.3 is 0 Å². The van der Waals surface area contributed by atoms with E-state index in [2.05, 4.69) is 10.6 Å². The number of hydrogen-bond donors (Lipinski definition) is 3. The van der Waals surface area contributed by atoms with Gasteiger partial charge in [0.25, 0.3) is 0 Å². The van der Waals surface area contributed by atoms with Crippen molar-refractivity contribution in [1.82, 2.24) is 10.6 Å². The Morgan fingerprint density at radius 1 is 1.27 bits per heavy atom. The second kappa shape index (κ2) is 7.35. The molecule has 22 heavy (non-hydrogen) atoms. The molecule has 122 valence electrons. The molecule has 0 aromatic heterocycles. The lowest BCUT2D eigenvalue weighted by molar-refractivity contribution is -0.133. The van der Waals surface area contributed by atoms with Crippen LogP contribution in [0.1, 0.15) is 39.4 Å². The Kier molecular flexibility index (Phi) is 6.05. The molecule has 5 nitrogen and oxygen atoms in total. The zero-order valence-electron chi connectivity index (χ0n) is 13.3. The molecule has 0 bridgehead atoms. The third kappa shape index (κ3) is 5.11. The first-order valence-corrected chi connectivity index (χ1v) is 7.14. The molecule has 0 aliphatic rings. The zero-order valence-corrected chi connectivity index (χ0v) is 13.3. The Bertz CT molecular complexity index is 540. The van der Waals surface area contributed by atoms with E-state index in [9.17, 15) is 19.1 Å². The molecular weight excluding hydrogens is 287 g/mol. The Morgan fingerprint density at radius 2 is 1.86 bits per heavy atom. The normalized spacial score (nSPS) is 14.1. The topological polar surface area (TPSA) is 78.4 Å². The van der Waals surface area contributed by atoms with Gasteiger partial charge in [0.05, 0.1) is 6.10 Å². The molecule has 1 aromatic carbocycles. The number of aliphatic hydroxyl groups is 1. The van der Waals surface area contributed by atoms with Gasteiger partial charge in [0.15, 0.2) is 0 Å². The van der Waals surface area contributed by atoms with Crippen LogP contribution in [0.25, 0.3) is 0 Å². The van der Waals surface area contributed by atoms with Crippen molar-refractivity contribution in [1.29, 1.82) is 0 Å². The van der Waals surface area contributed by atoms with Crippen LogP contribution in [0.15, 0.2) is 24.3 Å². The third-order valence-corrected chi connectivity index (χ3v) is 3.16. The van der Waals surface area contributed by atoms with E-state index in [1.165, 1.54) is 18.2 Å².